The van der Waals surface area contributed by atoms with E-state index in [1.165, 1.54) is 0 Å². The van der Waals surface area contributed by atoms with Crippen molar-refractivity contribution in [2.45, 2.75) is 12.2 Å². The van der Waals surface area contributed by atoms with E-state index in [9.17, 15) is 0 Å². The number of benzene rings is 2. The van der Waals surface area contributed by atoms with E-state index in [4.69, 9.17) is 9.47 Å². The largest absolute Gasteiger partial charge is 0.482 e. The molecule has 0 radical (unpaired) electrons. The molecule has 1 N–H and O–H groups in total. The van der Waals surface area contributed by atoms with Gasteiger partial charge in [-0.1, -0.05) is 42.5 Å². The van der Waals surface area contributed by atoms with Crippen molar-refractivity contribution in [3.05, 3.63) is 64.6 Å². The summed E-state index contributed by atoms with van der Waals surface area (Å²) in [4.78, 5) is 0. The summed E-state index contributed by atoms with van der Waals surface area (Å²) in [5.74, 6) is 0.834. The maximum atomic E-state index is 6.26. The first-order valence-corrected chi connectivity index (χ1v) is 7.92. The van der Waals surface area contributed by atoms with Gasteiger partial charge in [-0.05, 0) is 33.6 Å². The molecule has 0 amide bonds. The third kappa shape index (κ3) is 3.64. The molecule has 0 aromatic heterocycles. The first kappa shape index (κ1) is 14.6. The minimum absolute atomic E-state index is 0.00764. The topological polar surface area (TPSA) is 30.5 Å². The lowest BCUT2D eigenvalue weighted by atomic mass is 10.0. The molecule has 2 aromatic carbocycles. The average molecular weight is 345 g/mol. The van der Waals surface area contributed by atoms with Crippen LogP contribution in [0, 0.1) is 0 Å². The van der Waals surface area contributed by atoms with E-state index < -0.39 is 0 Å². The van der Waals surface area contributed by atoms with Gasteiger partial charge >= 0.3 is 0 Å². The van der Waals surface area contributed by atoms with Crippen LogP contribution < -0.4 is 10.1 Å². The Balaban J connectivity index is 1.87. The van der Waals surface area contributed by atoms with Crippen LogP contribution in [0.3, 0.4) is 0 Å². The summed E-state index contributed by atoms with van der Waals surface area (Å²) in [6.07, 6.45) is -0.119. The Morgan fingerprint density at radius 3 is 2.57 bits per heavy atom. The van der Waals surface area contributed by atoms with Gasteiger partial charge in [0.25, 0.3) is 0 Å². The highest BCUT2D eigenvalue weighted by Gasteiger charge is 2.28. The third-order valence-electron chi connectivity index (χ3n) is 3.51. The number of para-hydroxylation sites is 1. The van der Waals surface area contributed by atoms with Crippen molar-refractivity contribution in [1.29, 1.82) is 0 Å². The van der Waals surface area contributed by atoms with Crippen LogP contribution in [0.1, 0.15) is 11.7 Å². The van der Waals surface area contributed by atoms with Gasteiger partial charge in [0.2, 0.25) is 0 Å². The molecular weight excluding hydrogens is 327 g/mol. The molecule has 4 heteroatoms. The molecule has 1 aliphatic rings. The highest BCUT2D eigenvalue weighted by molar-refractivity contribution is 9.10. The maximum Gasteiger partial charge on any atom is 0.151 e. The van der Waals surface area contributed by atoms with Crippen LogP contribution in [0.15, 0.2) is 59.1 Å². The van der Waals surface area contributed by atoms with Gasteiger partial charge in [-0.3, -0.25) is 0 Å². The molecule has 2 atom stereocenters. The summed E-state index contributed by atoms with van der Waals surface area (Å²) in [6, 6.07) is 18.1. The molecular formula is C17H18BrNO2. The molecule has 0 aliphatic carbocycles. The number of morpholine rings is 1. The minimum Gasteiger partial charge on any atom is -0.482 e. The lowest BCUT2D eigenvalue weighted by Gasteiger charge is -2.31. The third-order valence-corrected chi connectivity index (χ3v) is 4.17. The Kier molecular flexibility index (Phi) is 4.91. The van der Waals surface area contributed by atoms with E-state index >= 15 is 0 Å². The SMILES string of the molecule is [77Br]c1ccccc1O[C@@H](c1ccccc1)[C@H]1CNCCO1. The molecule has 21 heavy (non-hydrogen) atoms. The molecule has 1 aliphatic heterocycles. The lowest BCUT2D eigenvalue weighted by Crippen LogP contribution is -2.43. The molecule has 0 saturated carbocycles. The summed E-state index contributed by atoms with van der Waals surface area (Å²) in [7, 11) is 0. The van der Waals surface area contributed by atoms with Crippen molar-refractivity contribution in [2.75, 3.05) is 19.7 Å². The normalized spacial score (nSPS) is 20.0. The molecule has 3 rings (SSSR count). The molecule has 0 spiro atoms. The van der Waals surface area contributed by atoms with Crippen molar-refractivity contribution in [1.82, 2.24) is 5.32 Å². The van der Waals surface area contributed by atoms with Gasteiger partial charge in [-0.25, -0.2) is 0 Å². The summed E-state index contributed by atoms with van der Waals surface area (Å²) >= 11 is 3.54. The molecule has 0 bridgehead atoms. The predicted molar refractivity (Wildman–Crippen MR) is 86.6 cm³/mol. The molecule has 1 fully saturated rings. The predicted octanol–water partition coefficient (Wildman–Crippen LogP) is 3.56. The number of hydrogen-bond acceptors (Lipinski definition) is 3. The zero-order valence-corrected chi connectivity index (χ0v) is 13.3. The van der Waals surface area contributed by atoms with Crippen molar-refractivity contribution < 1.29 is 9.47 Å². The number of halogens is 1. The lowest BCUT2D eigenvalue weighted by molar-refractivity contribution is -0.0434. The second-order valence-electron chi connectivity index (χ2n) is 4.99. The van der Waals surface area contributed by atoms with E-state index in [1.807, 2.05) is 42.5 Å². The molecule has 110 valence electrons. The number of hydrogen-bond donors (Lipinski definition) is 1. The second kappa shape index (κ2) is 7.07. The van der Waals surface area contributed by atoms with Crippen LogP contribution >= 0.6 is 15.9 Å². The van der Waals surface area contributed by atoms with Crippen molar-refractivity contribution in [3.63, 3.8) is 0 Å². The summed E-state index contributed by atoms with van der Waals surface area (Å²) < 4.78 is 13.1. The number of ether oxygens (including phenoxy) is 2. The Bertz CT molecular complexity index is 570. The van der Waals surface area contributed by atoms with Crippen molar-refractivity contribution in [2.24, 2.45) is 0 Å². The highest BCUT2D eigenvalue weighted by Crippen LogP contribution is 2.31. The minimum atomic E-state index is -0.127. The monoisotopic (exact) mass is 345 g/mol. The van der Waals surface area contributed by atoms with Crippen LogP contribution in [0.25, 0.3) is 0 Å². The zero-order chi connectivity index (χ0) is 14.5. The van der Waals surface area contributed by atoms with Crippen LogP contribution in [0.4, 0.5) is 0 Å². The van der Waals surface area contributed by atoms with E-state index in [0.29, 0.717) is 6.61 Å². The fraction of sp³-hybridized carbons (Fsp3) is 0.294. The van der Waals surface area contributed by atoms with E-state index in [0.717, 1.165) is 28.9 Å². The maximum absolute atomic E-state index is 6.26. The molecule has 1 saturated heterocycles. The molecule has 1 heterocycles. The Morgan fingerprint density at radius 2 is 1.86 bits per heavy atom. The number of nitrogens with one attached hydrogen (secondary N) is 1. The standard InChI is InChI=1S/C17H18BrNO2/c18-14-8-4-5-9-15(14)21-17(13-6-2-1-3-7-13)16-12-19-10-11-20-16/h1-9,16-17,19H,10-12H2/t16-,17+/m1/s1/i18-3. The highest BCUT2D eigenvalue weighted by atomic mass is 76.9. The summed E-state index contributed by atoms with van der Waals surface area (Å²) in [5, 5.41) is 3.37. The van der Waals surface area contributed by atoms with Gasteiger partial charge in [-0.2, -0.15) is 0 Å². The summed E-state index contributed by atoms with van der Waals surface area (Å²) in [6.45, 7) is 2.41. The van der Waals surface area contributed by atoms with Gasteiger partial charge in [0.1, 0.15) is 11.9 Å². The Labute approximate surface area is 133 Å². The van der Waals surface area contributed by atoms with Crippen LogP contribution in [0.5, 0.6) is 5.75 Å². The average Bonchev–Trinajstić information content (AvgIpc) is 2.56. The fourth-order valence-corrected chi connectivity index (χ4v) is 2.84. The zero-order valence-electron chi connectivity index (χ0n) is 11.7. The van der Waals surface area contributed by atoms with Gasteiger partial charge in [0.05, 0.1) is 11.1 Å². The summed E-state index contributed by atoms with van der Waals surface area (Å²) in [5.41, 5.74) is 1.13. The van der Waals surface area contributed by atoms with E-state index in [2.05, 4.69) is 33.4 Å². The van der Waals surface area contributed by atoms with Gasteiger partial charge in [-0.15, -0.1) is 0 Å². The van der Waals surface area contributed by atoms with Crippen molar-refractivity contribution in [3.8, 4) is 5.75 Å². The fourth-order valence-electron chi connectivity index (χ4n) is 2.46. The van der Waals surface area contributed by atoms with Gasteiger partial charge in [0.15, 0.2) is 6.10 Å². The quantitative estimate of drug-likeness (QED) is 0.919. The molecule has 2 aromatic rings. The van der Waals surface area contributed by atoms with Gasteiger partial charge in [0, 0.05) is 13.1 Å². The van der Waals surface area contributed by atoms with Crippen LogP contribution in [-0.2, 0) is 4.74 Å². The smallest absolute Gasteiger partial charge is 0.151 e. The molecule has 3 nitrogen and oxygen atoms in total. The first-order valence-electron chi connectivity index (χ1n) is 7.13. The Hall–Kier alpha value is -1.36. The van der Waals surface area contributed by atoms with E-state index in [1.54, 1.807) is 0 Å². The Morgan fingerprint density at radius 1 is 1.10 bits per heavy atom. The number of rotatable bonds is 4. The second-order valence-corrected chi connectivity index (χ2v) is 5.85. The van der Waals surface area contributed by atoms with Crippen molar-refractivity contribution >= 4 is 15.9 Å². The van der Waals surface area contributed by atoms with Gasteiger partial charge < -0.3 is 14.8 Å². The van der Waals surface area contributed by atoms with E-state index in [-0.39, 0.29) is 12.2 Å². The van der Waals surface area contributed by atoms with Crippen LogP contribution in [-0.4, -0.2) is 25.8 Å². The molecule has 0 unspecified atom stereocenters. The first-order chi connectivity index (χ1) is 10.3. The van der Waals surface area contributed by atoms with Crippen LogP contribution in [0.2, 0.25) is 0 Å².